The number of anilines is 1. The molecule has 25 heavy (non-hydrogen) atoms. The Morgan fingerprint density at radius 1 is 1.08 bits per heavy atom. The van der Waals surface area contributed by atoms with E-state index in [4.69, 9.17) is 0 Å². The van der Waals surface area contributed by atoms with Crippen molar-refractivity contribution >= 4 is 11.7 Å². The van der Waals surface area contributed by atoms with Gasteiger partial charge in [0.2, 0.25) is 5.91 Å². The molecule has 3 heterocycles. The van der Waals surface area contributed by atoms with Crippen molar-refractivity contribution in [3.05, 3.63) is 63.8 Å². The fourth-order valence-electron chi connectivity index (χ4n) is 2.46. The van der Waals surface area contributed by atoms with Crippen LogP contribution in [-0.4, -0.2) is 30.5 Å². The van der Waals surface area contributed by atoms with Crippen LogP contribution in [0.3, 0.4) is 0 Å². The van der Waals surface area contributed by atoms with Crippen LogP contribution in [0, 0.1) is 20.8 Å². The molecule has 0 atom stereocenters. The molecule has 1 N–H and O–H groups in total. The van der Waals surface area contributed by atoms with Crippen molar-refractivity contribution in [2.75, 3.05) is 5.32 Å². The van der Waals surface area contributed by atoms with Gasteiger partial charge in [0.25, 0.3) is 5.56 Å². The van der Waals surface area contributed by atoms with Gasteiger partial charge in [0.05, 0.1) is 5.69 Å². The molecule has 0 fully saturated rings. The molecule has 0 aromatic carbocycles. The molecule has 0 aliphatic heterocycles. The number of amides is 1. The molecule has 3 aromatic heterocycles. The number of carbonyl (C=O) groups excluding carboxylic acids is 1. The highest BCUT2D eigenvalue weighted by atomic mass is 16.2. The number of carbonyl (C=O) groups is 1. The van der Waals surface area contributed by atoms with Crippen molar-refractivity contribution in [2.24, 2.45) is 0 Å². The first-order chi connectivity index (χ1) is 11.9. The van der Waals surface area contributed by atoms with Crippen LogP contribution in [0.15, 0.2) is 41.2 Å². The van der Waals surface area contributed by atoms with E-state index in [2.05, 4.69) is 20.5 Å². The molecule has 128 valence electrons. The zero-order valence-electron chi connectivity index (χ0n) is 14.2. The molecular weight excluding hydrogens is 320 g/mol. The van der Waals surface area contributed by atoms with Crippen molar-refractivity contribution in [3.63, 3.8) is 0 Å². The number of rotatable bonds is 4. The zero-order valence-corrected chi connectivity index (χ0v) is 14.2. The number of aromatic nitrogens is 5. The van der Waals surface area contributed by atoms with Crippen LogP contribution in [0.2, 0.25) is 0 Å². The Labute approximate surface area is 144 Å². The number of nitrogens with one attached hydrogen (secondary N) is 1. The first kappa shape index (κ1) is 16.6. The summed E-state index contributed by atoms with van der Waals surface area (Å²) in [6.07, 6.45) is 0. The quantitative estimate of drug-likeness (QED) is 0.776. The van der Waals surface area contributed by atoms with Crippen LogP contribution >= 0.6 is 0 Å². The topological polar surface area (TPSA) is 94.7 Å². The molecule has 0 saturated carbocycles. The van der Waals surface area contributed by atoms with Gasteiger partial charge < -0.3 is 5.32 Å². The predicted octanol–water partition coefficient (Wildman–Crippen LogP) is 1.39. The van der Waals surface area contributed by atoms with Gasteiger partial charge in [-0.3, -0.25) is 9.59 Å². The van der Waals surface area contributed by atoms with E-state index >= 15 is 0 Å². The third kappa shape index (κ3) is 3.79. The van der Waals surface area contributed by atoms with Gasteiger partial charge in [-0.25, -0.2) is 14.3 Å². The summed E-state index contributed by atoms with van der Waals surface area (Å²) in [7, 11) is 0. The Hall–Kier alpha value is -3.29. The standard InChI is InChI=1S/C17H18N6O2/c1-11-5-4-6-14(18-11)19-16(24)10-22-17(25)8-7-15(21-22)23-13(3)9-12(2)20-23/h4-9H,10H2,1-3H3,(H,18,19,24). The summed E-state index contributed by atoms with van der Waals surface area (Å²) in [5, 5.41) is 11.2. The van der Waals surface area contributed by atoms with Gasteiger partial charge in [-0.05, 0) is 45.0 Å². The van der Waals surface area contributed by atoms with Gasteiger partial charge in [0.1, 0.15) is 12.4 Å². The van der Waals surface area contributed by atoms with Crippen LogP contribution in [0.25, 0.3) is 5.82 Å². The molecule has 0 aliphatic rings. The van der Waals surface area contributed by atoms with Crippen molar-refractivity contribution in [1.29, 1.82) is 0 Å². The third-order valence-corrected chi connectivity index (χ3v) is 3.53. The van der Waals surface area contributed by atoms with Crippen LogP contribution < -0.4 is 10.9 Å². The molecule has 0 aliphatic carbocycles. The molecule has 0 bridgehead atoms. The minimum Gasteiger partial charge on any atom is -0.309 e. The summed E-state index contributed by atoms with van der Waals surface area (Å²) < 4.78 is 2.74. The average molecular weight is 338 g/mol. The van der Waals surface area contributed by atoms with E-state index in [0.29, 0.717) is 11.6 Å². The largest absolute Gasteiger partial charge is 0.309 e. The molecule has 3 rings (SSSR count). The smallest absolute Gasteiger partial charge is 0.267 e. The van der Waals surface area contributed by atoms with E-state index in [1.807, 2.05) is 32.9 Å². The molecule has 8 heteroatoms. The maximum Gasteiger partial charge on any atom is 0.267 e. The maximum atomic E-state index is 12.2. The number of hydrogen-bond acceptors (Lipinski definition) is 5. The van der Waals surface area contributed by atoms with Gasteiger partial charge in [-0.2, -0.15) is 5.10 Å². The lowest BCUT2D eigenvalue weighted by molar-refractivity contribution is -0.117. The summed E-state index contributed by atoms with van der Waals surface area (Å²) in [4.78, 5) is 28.4. The summed E-state index contributed by atoms with van der Waals surface area (Å²) in [5.74, 6) is 0.539. The second-order valence-electron chi connectivity index (χ2n) is 5.74. The first-order valence-electron chi connectivity index (χ1n) is 7.78. The monoisotopic (exact) mass is 338 g/mol. The van der Waals surface area contributed by atoms with Crippen LogP contribution in [0.5, 0.6) is 0 Å². The molecule has 0 spiro atoms. The maximum absolute atomic E-state index is 12.2. The van der Waals surface area contributed by atoms with Crippen molar-refractivity contribution < 1.29 is 4.79 Å². The lowest BCUT2D eigenvalue weighted by Crippen LogP contribution is -2.30. The minimum atomic E-state index is -0.377. The van der Waals surface area contributed by atoms with Crippen LogP contribution in [0.4, 0.5) is 5.82 Å². The van der Waals surface area contributed by atoms with E-state index in [1.54, 1.807) is 22.9 Å². The SMILES string of the molecule is Cc1cccc(NC(=O)Cn2nc(-n3nc(C)cc3C)ccc2=O)n1. The second kappa shape index (κ2) is 6.68. The van der Waals surface area contributed by atoms with Crippen molar-refractivity contribution in [3.8, 4) is 5.82 Å². The van der Waals surface area contributed by atoms with Gasteiger partial charge in [0, 0.05) is 17.5 Å². The number of pyridine rings is 1. The van der Waals surface area contributed by atoms with E-state index < -0.39 is 0 Å². The number of hydrogen-bond donors (Lipinski definition) is 1. The second-order valence-corrected chi connectivity index (χ2v) is 5.74. The average Bonchev–Trinajstić information content (AvgIpc) is 2.88. The molecule has 1 amide bonds. The minimum absolute atomic E-state index is 0.207. The molecular formula is C17H18N6O2. The zero-order chi connectivity index (χ0) is 18.0. The van der Waals surface area contributed by atoms with Crippen molar-refractivity contribution in [1.82, 2.24) is 24.5 Å². The van der Waals surface area contributed by atoms with Gasteiger partial charge in [-0.1, -0.05) is 6.07 Å². The highest BCUT2D eigenvalue weighted by Gasteiger charge is 2.11. The Morgan fingerprint density at radius 2 is 1.88 bits per heavy atom. The Balaban J connectivity index is 1.82. The number of nitrogens with zero attached hydrogens (tertiary/aromatic N) is 5. The normalized spacial score (nSPS) is 10.7. The summed E-state index contributed by atoms with van der Waals surface area (Å²) in [5.41, 5.74) is 2.17. The summed E-state index contributed by atoms with van der Waals surface area (Å²) in [6.45, 7) is 5.40. The fraction of sp³-hybridized carbons (Fsp3) is 0.235. The summed E-state index contributed by atoms with van der Waals surface area (Å²) in [6, 6.07) is 10.2. The molecule has 0 radical (unpaired) electrons. The highest BCUT2D eigenvalue weighted by molar-refractivity contribution is 5.89. The van der Waals surface area contributed by atoms with Gasteiger partial charge in [0.15, 0.2) is 5.82 Å². The van der Waals surface area contributed by atoms with Crippen LogP contribution in [0.1, 0.15) is 17.1 Å². The van der Waals surface area contributed by atoms with Crippen LogP contribution in [-0.2, 0) is 11.3 Å². The lowest BCUT2D eigenvalue weighted by atomic mass is 10.3. The lowest BCUT2D eigenvalue weighted by Gasteiger charge is -2.09. The fourth-order valence-corrected chi connectivity index (χ4v) is 2.46. The number of aryl methyl sites for hydroxylation is 3. The third-order valence-electron chi connectivity index (χ3n) is 3.53. The van der Waals surface area contributed by atoms with Crippen molar-refractivity contribution in [2.45, 2.75) is 27.3 Å². The van der Waals surface area contributed by atoms with E-state index in [-0.39, 0.29) is 18.0 Å². The summed E-state index contributed by atoms with van der Waals surface area (Å²) >= 11 is 0. The predicted molar refractivity (Wildman–Crippen MR) is 92.7 cm³/mol. The Kier molecular flexibility index (Phi) is 4.42. The van der Waals surface area contributed by atoms with E-state index in [9.17, 15) is 9.59 Å². The molecule has 3 aromatic rings. The molecule has 0 unspecified atom stereocenters. The Bertz CT molecular complexity index is 989. The molecule has 8 nitrogen and oxygen atoms in total. The molecule has 0 saturated heterocycles. The first-order valence-corrected chi connectivity index (χ1v) is 7.78. The highest BCUT2D eigenvalue weighted by Crippen LogP contribution is 2.08. The Morgan fingerprint density at radius 3 is 2.56 bits per heavy atom. The van der Waals surface area contributed by atoms with Gasteiger partial charge in [-0.15, -0.1) is 5.10 Å². The van der Waals surface area contributed by atoms with E-state index in [0.717, 1.165) is 21.8 Å². The van der Waals surface area contributed by atoms with E-state index in [1.165, 1.54) is 6.07 Å². The van der Waals surface area contributed by atoms with Gasteiger partial charge >= 0.3 is 0 Å².